The number of rotatable bonds is 9. The van der Waals surface area contributed by atoms with Crippen LogP contribution in [0.1, 0.15) is 139 Å². The standard InChI is InChI=1S/C43H72N2O4/c1-28(2)30-14-20-43(23-25-45-24-17-29(27-45)44(10)11)22-21-41(8)31(36(30)43)12-13-33-40(7)18-16-34(49-35(46)26-38(3,4)37(47)48)39(5,6)32(40)15-19-42(33,41)9/h29-34,36H,1,12-27H2,2-11H3,(H,47,48)/t29?,30-,31+,32-,33+,34-,36+,40-,41+,42+,43+/m0/s1. The van der Waals surface area contributed by atoms with Gasteiger partial charge in [-0.1, -0.05) is 46.8 Å². The van der Waals surface area contributed by atoms with E-state index in [0.29, 0.717) is 40.0 Å². The van der Waals surface area contributed by atoms with E-state index < -0.39 is 11.4 Å². The summed E-state index contributed by atoms with van der Waals surface area (Å²) in [4.78, 5) is 30.0. The highest BCUT2D eigenvalue weighted by atomic mass is 16.5. The van der Waals surface area contributed by atoms with Crippen LogP contribution in [0.2, 0.25) is 0 Å². The van der Waals surface area contributed by atoms with Gasteiger partial charge in [0, 0.05) is 18.0 Å². The molecule has 5 saturated carbocycles. The van der Waals surface area contributed by atoms with Crippen molar-refractivity contribution in [2.45, 2.75) is 151 Å². The van der Waals surface area contributed by atoms with Crippen molar-refractivity contribution in [2.75, 3.05) is 33.7 Å². The second kappa shape index (κ2) is 12.6. The van der Waals surface area contributed by atoms with Crippen LogP contribution >= 0.6 is 0 Å². The maximum Gasteiger partial charge on any atom is 0.309 e. The van der Waals surface area contributed by atoms with Gasteiger partial charge in [-0.2, -0.15) is 0 Å². The largest absolute Gasteiger partial charge is 0.481 e. The summed E-state index contributed by atoms with van der Waals surface area (Å²) in [6.07, 6.45) is 15.0. The number of likely N-dealkylation sites (tertiary alicyclic amines) is 1. The van der Waals surface area contributed by atoms with Crippen molar-refractivity contribution in [2.24, 2.45) is 62.1 Å². The zero-order valence-electron chi connectivity index (χ0n) is 33.1. The lowest BCUT2D eigenvalue weighted by atomic mass is 9.32. The van der Waals surface area contributed by atoms with E-state index in [1.807, 2.05) is 0 Å². The first-order chi connectivity index (χ1) is 22.7. The number of likely N-dealkylation sites (N-methyl/N-ethyl adjacent to an activating group) is 1. The number of aliphatic carboxylic acids is 1. The zero-order valence-corrected chi connectivity index (χ0v) is 33.1. The van der Waals surface area contributed by atoms with E-state index in [-0.39, 0.29) is 29.3 Å². The first-order valence-corrected chi connectivity index (χ1v) is 20.2. The molecule has 0 aromatic carbocycles. The van der Waals surface area contributed by atoms with Gasteiger partial charge >= 0.3 is 11.9 Å². The van der Waals surface area contributed by atoms with Gasteiger partial charge < -0.3 is 19.6 Å². The molecule has 0 spiro atoms. The van der Waals surface area contributed by atoms with Crippen LogP contribution in [0.5, 0.6) is 0 Å². The van der Waals surface area contributed by atoms with Gasteiger partial charge in [-0.25, -0.2) is 0 Å². The number of fused-ring (bicyclic) bond motifs is 7. The Morgan fingerprint density at radius 1 is 0.898 bits per heavy atom. The Hall–Kier alpha value is -1.40. The Balaban J connectivity index is 1.22. The Morgan fingerprint density at radius 3 is 2.24 bits per heavy atom. The molecule has 6 heteroatoms. The SMILES string of the molecule is C=C(C)[C@@H]1CC[C@]2(CCN3CCC(N(C)C)C3)CC[C@]3(C)[C@H](CC[C@@H]4[C@@]5(C)CC[C@H](OC(=O)CC(C)(C)C(=O)O)C(C)(C)[C@@H]5CC[C@]43C)[C@@H]12. The van der Waals surface area contributed by atoms with Crippen molar-refractivity contribution in [1.29, 1.82) is 0 Å². The number of carboxylic acids is 1. The van der Waals surface area contributed by atoms with Gasteiger partial charge in [-0.3, -0.25) is 9.59 Å². The van der Waals surface area contributed by atoms with Gasteiger partial charge in [0.05, 0.1) is 11.8 Å². The number of hydrogen-bond donors (Lipinski definition) is 1. The number of carboxylic acid groups (broad SMARTS) is 1. The minimum atomic E-state index is -1.12. The summed E-state index contributed by atoms with van der Waals surface area (Å²) in [6.45, 7) is 26.7. The van der Waals surface area contributed by atoms with Gasteiger partial charge in [-0.05, 0) is 176 Å². The van der Waals surface area contributed by atoms with E-state index in [1.54, 1.807) is 13.8 Å². The van der Waals surface area contributed by atoms with Crippen molar-refractivity contribution < 1.29 is 19.4 Å². The maximum absolute atomic E-state index is 13.1. The fourth-order valence-electron chi connectivity index (χ4n) is 14.4. The number of allylic oxidation sites excluding steroid dienone is 1. The maximum atomic E-state index is 13.1. The second-order valence-corrected chi connectivity index (χ2v) is 20.7. The molecule has 5 aliphatic carbocycles. The molecule has 0 aromatic heterocycles. The predicted octanol–water partition coefficient (Wildman–Crippen LogP) is 9.08. The van der Waals surface area contributed by atoms with Gasteiger partial charge in [0.15, 0.2) is 0 Å². The molecule has 278 valence electrons. The molecule has 11 atom stereocenters. The molecular weight excluding hydrogens is 608 g/mol. The van der Waals surface area contributed by atoms with E-state index >= 15 is 0 Å². The number of hydrogen-bond acceptors (Lipinski definition) is 5. The first kappa shape index (κ1) is 37.4. The highest BCUT2D eigenvalue weighted by Gasteiger charge is 2.71. The lowest BCUT2D eigenvalue weighted by Crippen LogP contribution is -2.66. The van der Waals surface area contributed by atoms with Crippen LogP contribution in [0.3, 0.4) is 0 Å². The van der Waals surface area contributed by atoms with Crippen molar-refractivity contribution in [3.8, 4) is 0 Å². The molecule has 1 saturated heterocycles. The fourth-order valence-corrected chi connectivity index (χ4v) is 14.4. The van der Waals surface area contributed by atoms with Crippen molar-refractivity contribution in [3.05, 3.63) is 12.2 Å². The number of nitrogens with zero attached hydrogens (tertiary/aromatic N) is 2. The minimum Gasteiger partial charge on any atom is -0.481 e. The average molecular weight is 681 g/mol. The molecular formula is C43H72N2O4. The Labute approximate surface area is 299 Å². The highest BCUT2D eigenvalue weighted by Crippen LogP contribution is 2.78. The molecule has 6 fully saturated rings. The fraction of sp³-hybridized carbons (Fsp3) is 0.907. The van der Waals surface area contributed by atoms with E-state index in [9.17, 15) is 14.7 Å². The third-order valence-corrected chi connectivity index (χ3v) is 17.5. The van der Waals surface area contributed by atoms with Crippen LogP contribution in [-0.4, -0.2) is 72.7 Å². The minimum absolute atomic E-state index is 0.0836. The van der Waals surface area contributed by atoms with Gasteiger partial charge in [0.1, 0.15) is 6.10 Å². The van der Waals surface area contributed by atoms with Crippen LogP contribution in [0.4, 0.5) is 0 Å². The molecule has 0 amide bonds. The summed E-state index contributed by atoms with van der Waals surface area (Å²) < 4.78 is 6.21. The lowest BCUT2D eigenvalue weighted by molar-refractivity contribution is -0.250. The quantitative estimate of drug-likeness (QED) is 0.194. The molecule has 49 heavy (non-hydrogen) atoms. The van der Waals surface area contributed by atoms with Crippen LogP contribution in [0.15, 0.2) is 12.2 Å². The van der Waals surface area contributed by atoms with Crippen molar-refractivity contribution in [1.82, 2.24) is 9.80 Å². The van der Waals surface area contributed by atoms with E-state index in [1.165, 1.54) is 89.4 Å². The normalized spacial score (nSPS) is 44.8. The van der Waals surface area contributed by atoms with Gasteiger partial charge in [0.25, 0.3) is 0 Å². The molecule has 0 radical (unpaired) electrons. The highest BCUT2D eigenvalue weighted by molar-refractivity contribution is 5.81. The number of esters is 1. The number of carbonyl (C=O) groups is 2. The van der Waals surface area contributed by atoms with Crippen LogP contribution < -0.4 is 0 Å². The average Bonchev–Trinajstić information content (AvgIpc) is 3.64. The second-order valence-electron chi connectivity index (χ2n) is 20.7. The molecule has 1 heterocycles. The molecule has 6 nitrogen and oxygen atoms in total. The monoisotopic (exact) mass is 681 g/mol. The van der Waals surface area contributed by atoms with E-state index in [0.717, 1.165) is 24.7 Å². The molecule has 1 unspecified atom stereocenters. The van der Waals surface area contributed by atoms with Crippen LogP contribution in [0.25, 0.3) is 0 Å². The third kappa shape index (κ3) is 5.88. The summed E-state index contributed by atoms with van der Waals surface area (Å²) in [6, 6.07) is 0.706. The molecule has 6 rings (SSSR count). The molecule has 1 aliphatic heterocycles. The Bertz CT molecular complexity index is 1310. The molecule has 6 aliphatic rings. The smallest absolute Gasteiger partial charge is 0.309 e. The van der Waals surface area contributed by atoms with E-state index in [4.69, 9.17) is 4.74 Å². The number of carbonyl (C=O) groups excluding carboxylic acids is 1. The van der Waals surface area contributed by atoms with Crippen molar-refractivity contribution in [3.63, 3.8) is 0 Å². The Morgan fingerprint density at radius 2 is 1.61 bits per heavy atom. The van der Waals surface area contributed by atoms with Gasteiger partial charge in [0.2, 0.25) is 0 Å². The lowest BCUT2D eigenvalue weighted by Gasteiger charge is -2.73. The van der Waals surface area contributed by atoms with E-state index in [2.05, 4.69) is 72.0 Å². The molecule has 0 aromatic rings. The topological polar surface area (TPSA) is 70.1 Å². The molecule has 0 bridgehead atoms. The molecule has 1 N–H and O–H groups in total. The summed E-state index contributed by atoms with van der Waals surface area (Å²) in [5, 5.41) is 9.61. The Kier molecular flexibility index (Phi) is 9.63. The summed E-state index contributed by atoms with van der Waals surface area (Å²) in [7, 11) is 4.49. The van der Waals surface area contributed by atoms with Crippen LogP contribution in [0, 0.1) is 62.1 Å². The van der Waals surface area contributed by atoms with Gasteiger partial charge in [-0.15, -0.1) is 0 Å². The number of ether oxygens (including phenoxy) is 1. The predicted molar refractivity (Wildman–Crippen MR) is 198 cm³/mol. The van der Waals surface area contributed by atoms with Crippen molar-refractivity contribution >= 4 is 11.9 Å². The summed E-state index contributed by atoms with van der Waals surface area (Å²) in [5.41, 5.74) is 1.49. The summed E-state index contributed by atoms with van der Waals surface area (Å²) >= 11 is 0. The first-order valence-electron chi connectivity index (χ1n) is 20.2. The third-order valence-electron chi connectivity index (χ3n) is 17.5. The van der Waals surface area contributed by atoms with Crippen LogP contribution in [-0.2, 0) is 14.3 Å². The zero-order chi connectivity index (χ0) is 35.9. The summed E-state index contributed by atoms with van der Waals surface area (Å²) in [5.74, 6) is 2.04.